The van der Waals surface area contributed by atoms with Crippen LogP contribution in [-0.2, 0) is 4.79 Å². The van der Waals surface area contributed by atoms with Crippen LogP contribution in [0.15, 0.2) is 34.1 Å². The predicted octanol–water partition coefficient (Wildman–Crippen LogP) is 4.61. The number of rotatable bonds is 8. The van der Waals surface area contributed by atoms with Crippen molar-refractivity contribution in [3.8, 4) is 0 Å². The van der Waals surface area contributed by atoms with E-state index in [9.17, 15) is 4.79 Å². The second-order valence-electron chi connectivity index (χ2n) is 4.63. The number of aliphatic hydroxyl groups is 1. The van der Waals surface area contributed by atoms with Crippen LogP contribution in [0.25, 0.3) is 0 Å². The highest BCUT2D eigenvalue weighted by atomic mass is 35.5. The van der Waals surface area contributed by atoms with E-state index in [1.807, 2.05) is 19.9 Å². The van der Waals surface area contributed by atoms with Crippen molar-refractivity contribution in [2.45, 2.75) is 31.6 Å². The summed E-state index contributed by atoms with van der Waals surface area (Å²) >= 11 is 13.5. The van der Waals surface area contributed by atoms with Crippen molar-refractivity contribution in [3.63, 3.8) is 0 Å². The van der Waals surface area contributed by atoms with Gasteiger partial charge < -0.3 is 10.0 Å². The molecule has 0 atom stereocenters. The van der Waals surface area contributed by atoms with E-state index in [2.05, 4.69) is 0 Å². The van der Waals surface area contributed by atoms with Crippen LogP contribution in [-0.4, -0.2) is 35.6 Å². The van der Waals surface area contributed by atoms with E-state index in [0.717, 1.165) is 9.80 Å². The lowest BCUT2D eigenvalue weighted by Crippen LogP contribution is -2.28. The lowest BCUT2D eigenvalue weighted by Gasteiger charge is -2.17. The summed E-state index contributed by atoms with van der Waals surface area (Å²) in [5, 5.41) is 10.2. The molecule has 1 amide bonds. The van der Waals surface area contributed by atoms with Gasteiger partial charge in [0.1, 0.15) is 0 Å². The standard InChI is InChI=1S/C16H21Cl2NO2S/c1-3-19(4-2)16(21)11-13(6-5-9-20)22-15-8-7-12(17)10-14(15)18/h7-8,10-11,20H,3-6,9H2,1-2H3/b13-11+. The number of likely N-dealkylation sites (N-methyl/N-ethyl adjacent to an activating group) is 1. The Morgan fingerprint density at radius 2 is 2.00 bits per heavy atom. The summed E-state index contributed by atoms with van der Waals surface area (Å²) in [5.74, 6) is -0.0180. The van der Waals surface area contributed by atoms with Gasteiger partial charge in [0, 0.05) is 35.7 Å². The fourth-order valence-electron chi connectivity index (χ4n) is 1.87. The zero-order valence-electron chi connectivity index (χ0n) is 12.8. The normalized spacial score (nSPS) is 11.6. The Morgan fingerprint density at radius 1 is 1.32 bits per heavy atom. The molecule has 0 unspecified atom stereocenters. The van der Waals surface area contributed by atoms with E-state index in [0.29, 0.717) is 36.0 Å². The fourth-order valence-corrected chi connectivity index (χ4v) is 3.37. The van der Waals surface area contributed by atoms with E-state index < -0.39 is 0 Å². The average molecular weight is 362 g/mol. The molecule has 0 bridgehead atoms. The molecule has 0 radical (unpaired) electrons. The van der Waals surface area contributed by atoms with Crippen LogP contribution in [0.1, 0.15) is 26.7 Å². The van der Waals surface area contributed by atoms with Crippen molar-refractivity contribution in [1.82, 2.24) is 4.90 Å². The minimum Gasteiger partial charge on any atom is -0.396 e. The Kier molecular flexibility index (Phi) is 8.95. The zero-order valence-corrected chi connectivity index (χ0v) is 15.1. The van der Waals surface area contributed by atoms with E-state index in [1.54, 1.807) is 23.1 Å². The number of thioether (sulfide) groups is 1. The van der Waals surface area contributed by atoms with Gasteiger partial charge in [0.2, 0.25) is 5.91 Å². The molecule has 0 saturated heterocycles. The summed E-state index contributed by atoms with van der Waals surface area (Å²) in [6, 6.07) is 5.29. The lowest BCUT2D eigenvalue weighted by molar-refractivity contribution is -0.125. The van der Waals surface area contributed by atoms with Crippen molar-refractivity contribution in [2.75, 3.05) is 19.7 Å². The molecule has 0 aliphatic heterocycles. The summed E-state index contributed by atoms with van der Waals surface area (Å²) in [7, 11) is 0. The highest BCUT2D eigenvalue weighted by Gasteiger charge is 2.11. The molecular formula is C16H21Cl2NO2S. The topological polar surface area (TPSA) is 40.5 Å². The van der Waals surface area contributed by atoms with Gasteiger partial charge in [-0.2, -0.15) is 0 Å². The van der Waals surface area contributed by atoms with Crippen molar-refractivity contribution < 1.29 is 9.90 Å². The van der Waals surface area contributed by atoms with Crippen LogP contribution in [0.3, 0.4) is 0 Å². The number of carbonyl (C=O) groups excluding carboxylic acids is 1. The zero-order chi connectivity index (χ0) is 16.5. The molecule has 1 rings (SSSR count). The summed E-state index contributed by atoms with van der Waals surface area (Å²) in [4.78, 5) is 15.7. The van der Waals surface area contributed by atoms with E-state index in [4.69, 9.17) is 28.3 Å². The van der Waals surface area contributed by atoms with Gasteiger partial charge in [-0.25, -0.2) is 0 Å². The number of hydrogen-bond acceptors (Lipinski definition) is 3. The Hall–Kier alpha value is -0.680. The third-order valence-electron chi connectivity index (χ3n) is 3.08. The van der Waals surface area contributed by atoms with E-state index >= 15 is 0 Å². The first kappa shape index (κ1) is 19.4. The van der Waals surface area contributed by atoms with Gasteiger partial charge >= 0.3 is 0 Å². The molecular weight excluding hydrogens is 341 g/mol. The number of aliphatic hydroxyl groups excluding tert-OH is 1. The number of amides is 1. The van der Waals surface area contributed by atoms with Crippen molar-refractivity contribution in [2.24, 2.45) is 0 Å². The number of halogens is 2. The number of hydrogen-bond donors (Lipinski definition) is 1. The van der Waals surface area contributed by atoms with Gasteiger partial charge in [-0.05, 0) is 49.8 Å². The van der Waals surface area contributed by atoms with Gasteiger partial charge in [0.25, 0.3) is 0 Å². The van der Waals surface area contributed by atoms with Crippen LogP contribution < -0.4 is 0 Å². The predicted molar refractivity (Wildman–Crippen MR) is 94.6 cm³/mol. The van der Waals surface area contributed by atoms with Crippen molar-refractivity contribution in [1.29, 1.82) is 0 Å². The van der Waals surface area contributed by atoms with E-state index in [-0.39, 0.29) is 12.5 Å². The lowest BCUT2D eigenvalue weighted by atomic mass is 10.3. The van der Waals surface area contributed by atoms with Crippen LogP contribution >= 0.6 is 35.0 Å². The van der Waals surface area contributed by atoms with Crippen LogP contribution in [0, 0.1) is 0 Å². The molecule has 3 nitrogen and oxygen atoms in total. The monoisotopic (exact) mass is 361 g/mol. The van der Waals surface area contributed by atoms with E-state index in [1.165, 1.54) is 11.8 Å². The molecule has 6 heteroatoms. The number of nitrogens with zero attached hydrogens (tertiary/aromatic N) is 1. The molecule has 0 aliphatic carbocycles. The fraction of sp³-hybridized carbons (Fsp3) is 0.438. The van der Waals surface area contributed by atoms with Gasteiger partial charge in [-0.1, -0.05) is 35.0 Å². The summed E-state index contributed by atoms with van der Waals surface area (Å²) < 4.78 is 0. The smallest absolute Gasteiger partial charge is 0.247 e. The van der Waals surface area contributed by atoms with Crippen molar-refractivity contribution in [3.05, 3.63) is 39.2 Å². The molecule has 22 heavy (non-hydrogen) atoms. The minimum atomic E-state index is -0.0180. The summed E-state index contributed by atoms with van der Waals surface area (Å²) in [6.45, 7) is 5.33. The molecule has 0 fully saturated rings. The Balaban J connectivity index is 2.94. The molecule has 1 aromatic carbocycles. The average Bonchev–Trinajstić information content (AvgIpc) is 2.48. The number of allylic oxidation sites excluding steroid dienone is 1. The maximum Gasteiger partial charge on any atom is 0.247 e. The molecule has 0 aliphatic rings. The minimum absolute atomic E-state index is 0.0180. The molecule has 1 aromatic rings. The van der Waals surface area contributed by atoms with Gasteiger partial charge in [-0.15, -0.1) is 0 Å². The SMILES string of the molecule is CCN(CC)C(=O)/C=C(\CCCO)Sc1ccc(Cl)cc1Cl. The highest BCUT2D eigenvalue weighted by Crippen LogP contribution is 2.36. The first-order valence-corrected chi connectivity index (χ1v) is 8.82. The second-order valence-corrected chi connectivity index (χ2v) is 6.64. The van der Waals surface area contributed by atoms with Crippen LogP contribution in [0.5, 0.6) is 0 Å². The van der Waals surface area contributed by atoms with Crippen molar-refractivity contribution >= 4 is 40.9 Å². The molecule has 0 heterocycles. The maximum absolute atomic E-state index is 12.2. The molecule has 1 N–H and O–H groups in total. The van der Waals surface area contributed by atoms with Crippen LogP contribution in [0.4, 0.5) is 0 Å². The highest BCUT2D eigenvalue weighted by molar-refractivity contribution is 8.03. The summed E-state index contributed by atoms with van der Waals surface area (Å²) in [5.41, 5.74) is 0. The maximum atomic E-state index is 12.2. The molecule has 0 aromatic heterocycles. The number of carbonyl (C=O) groups is 1. The third-order valence-corrected chi connectivity index (χ3v) is 4.90. The molecule has 0 saturated carbocycles. The quantitative estimate of drug-likeness (QED) is 0.542. The summed E-state index contributed by atoms with van der Waals surface area (Å²) in [6.07, 6.45) is 2.88. The largest absolute Gasteiger partial charge is 0.396 e. The van der Waals surface area contributed by atoms with Gasteiger partial charge in [0.05, 0.1) is 5.02 Å². The Morgan fingerprint density at radius 3 is 2.55 bits per heavy atom. The second kappa shape index (κ2) is 10.2. The number of benzene rings is 1. The van der Waals surface area contributed by atoms with Crippen LogP contribution in [0.2, 0.25) is 10.0 Å². The van der Waals surface area contributed by atoms with Gasteiger partial charge in [-0.3, -0.25) is 4.79 Å². The molecule has 122 valence electrons. The third kappa shape index (κ3) is 6.21. The Labute approximate surface area is 146 Å². The van der Waals surface area contributed by atoms with Gasteiger partial charge in [0.15, 0.2) is 0 Å². The Bertz CT molecular complexity index is 531. The molecule has 0 spiro atoms. The first-order valence-electron chi connectivity index (χ1n) is 7.25. The first-order chi connectivity index (χ1) is 10.5.